The van der Waals surface area contributed by atoms with E-state index < -0.39 is 0 Å². The summed E-state index contributed by atoms with van der Waals surface area (Å²) < 4.78 is 5.92. The van der Waals surface area contributed by atoms with Crippen molar-refractivity contribution in [2.75, 3.05) is 19.0 Å². The van der Waals surface area contributed by atoms with E-state index in [9.17, 15) is 0 Å². The lowest BCUT2D eigenvalue weighted by molar-refractivity contribution is -0.129. The number of pyridine rings is 1. The van der Waals surface area contributed by atoms with Crippen molar-refractivity contribution in [1.82, 2.24) is 9.88 Å². The molecule has 0 bridgehead atoms. The highest BCUT2D eigenvalue weighted by Gasteiger charge is 2.32. The van der Waals surface area contributed by atoms with Crippen LogP contribution in [0, 0.1) is 6.92 Å². The summed E-state index contributed by atoms with van der Waals surface area (Å²) in [5.41, 5.74) is 2.04. The first kappa shape index (κ1) is 13.8. The molecule has 0 aromatic carbocycles. The van der Waals surface area contributed by atoms with Gasteiger partial charge in [0.15, 0.2) is 0 Å². The van der Waals surface area contributed by atoms with Crippen LogP contribution in [0.3, 0.4) is 0 Å². The van der Waals surface area contributed by atoms with E-state index in [1.807, 2.05) is 13.0 Å². The molecule has 1 aromatic heterocycles. The largest absolute Gasteiger partial charge is 0.368 e. The van der Waals surface area contributed by atoms with Crippen molar-refractivity contribution in [3.63, 3.8) is 0 Å². The number of hydrogen-bond donors (Lipinski definition) is 0. The minimum Gasteiger partial charge on any atom is -0.368 e. The van der Waals surface area contributed by atoms with Gasteiger partial charge in [-0.2, -0.15) is 0 Å². The van der Waals surface area contributed by atoms with Crippen LogP contribution in [-0.2, 0) is 11.3 Å². The summed E-state index contributed by atoms with van der Waals surface area (Å²) in [4.78, 5) is 6.92. The van der Waals surface area contributed by atoms with Gasteiger partial charge < -0.3 is 4.74 Å². The van der Waals surface area contributed by atoms with Crippen LogP contribution < -0.4 is 0 Å². The highest BCUT2D eigenvalue weighted by atomic mass is 35.5. The number of aryl methyl sites for hydroxylation is 1. The normalized spacial score (nSPS) is 24.1. The highest BCUT2D eigenvalue weighted by Crippen LogP contribution is 2.22. The predicted molar refractivity (Wildman–Crippen MR) is 73.9 cm³/mol. The molecule has 1 aliphatic rings. The summed E-state index contributed by atoms with van der Waals surface area (Å²) >= 11 is 5.93. The molecule has 4 heteroatoms. The Balaban J connectivity index is 2.04. The van der Waals surface area contributed by atoms with Gasteiger partial charge in [-0.25, -0.2) is 0 Å². The Bertz CT molecular complexity index is 409. The molecule has 100 valence electrons. The zero-order chi connectivity index (χ0) is 13.2. The maximum absolute atomic E-state index is 5.93. The molecule has 0 N–H and O–H groups in total. The van der Waals surface area contributed by atoms with E-state index in [0.717, 1.165) is 31.0 Å². The van der Waals surface area contributed by atoms with Crippen molar-refractivity contribution in [3.05, 3.63) is 29.6 Å². The van der Waals surface area contributed by atoms with Gasteiger partial charge in [0.1, 0.15) is 0 Å². The summed E-state index contributed by atoms with van der Waals surface area (Å²) in [6, 6.07) is 6.15. The molecule has 0 spiro atoms. The molecule has 1 saturated heterocycles. The summed E-state index contributed by atoms with van der Waals surface area (Å²) in [7, 11) is 0. The second-order valence-electron chi connectivity index (χ2n) is 5.59. The second-order valence-corrected chi connectivity index (χ2v) is 5.90. The van der Waals surface area contributed by atoms with Crippen LogP contribution in [0.1, 0.15) is 25.2 Å². The summed E-state index contributed by atoms with van der Waals surface area (Å²) in [6.07, 6.45) is 0.111. The number of halogens is 1. The molecule has 2 rings (SSSR count). The standard InChI is InChI=1S/C14H21ClN2O/c1-11-5-4-6-12(16-11)8-17-9-13(7-15)18-14(2,3)10-17/h4-6,13H,7-10H2,1-3H3. The fourth-order valence-corrected chi connectivity index (χ4v) is 2.69. The average Bonchev–Trinajstić information content (AvgIpc) is 2.26. The smallest absolute Gasteiger partial charge is 0.0845 e. The van der Waals surface area contributed by atoms with Crippen molar-refractivity contribution in [1.29, 1.82) is 0 Å². The lowest BCUT2D eigenvalue weighted by Gasteiger charge is -2.42. The maximum Gasteiger partial charge on any atom is 0.0845 e. The third kappa shape index (κ3) is 3.67. The van der Waals surface area contributed by atoms with Gasteiger partial charge in [0.2, 0.25) is 0 Å². The van der Waals surface area contributed by atoms with Crippen LogP contribution >= 0.6 is 11.6 Å². The molecule has 3 nitrogen and oxygen atoms in total. The molecule has 1 aromatic rings. The van der Waals surface area contributed by atoms with Gasteiger partial charge in [0.05, 0.1) is 17.4 Å². The predicted octanol–water partition coefficient (Wildman–Crippen LogP) is 2.61. The van der Waals surface area contributed by atoms with Crippen LogP contribution in [-0.4, -0.2) is 40.6 Å². The lowest BCUT2D eigenvalue weighted by Crippen LogP contribution is -2.52. The minimum atomic E-state index is -0.137. The molecule has 0 radical (unpaired) electrons. The van der Waals surface area contributed by atoms with Crippen molar-refractivity contribution in [2.45, 2.75) is 39.0 Å². The summed E-state index contributed by atoms with van der Waals surface area (Å²) in [5, 5.41) is 0. The Morgan fingerprint density at radius 1 is 1.50 bits per heavy atom. The Morgan fingerprint density at radius 3 is 2.94 bits per heavy atom. The molecular weight excluding hydrogens is 248 g/mol. The van der Waals surface area contributed by atoms with E-state index in [1.165, 1.54) is 0 Å². The number of alkyl halides is 1. The lowest BCUT2D eigenvalue weighted by atomic mass is 10.1. The van der Waals surface area contributed by atoms with Crippen LogP contribution in [0.15, 0.2) is 18.2 Å². The Labute approximate surface area is 114 Å². The first-order valence-corrected chi connectivity index (χ1v) is 6.91. The molecule has 18 heavy (non-hydrogen) atoms. The number of morpholine rings is 1. The van der Waals surface area contributed by atoms with Crippen LogP contribution in [0.2, 0.25) is 0 Å². The Morgan fingerprint density at radius 2 is 2.28 bits per heavy atom. The third-order valence-corrected chi connectivity index (χ3v) is 3.40. The first-order chi connectivity index (χ1) is 8.48. The van der Waals surface area contributed by atoms with E-state index in [2.05, 4.69) is 35.9 Å². The van der Waals surface area contributed by atoms with Gasteiger partial charge in [-0.15, -0.1) is 11.6 Å². The summed E-state index contributed by atoms with van der Waals surface area (Å²) in [6.45, 7) is 8.90. The zero-order valence-corrected chi connectivity index (χ0v) is 12.1. The molecule has 1 aliphatic heterocycles. The molecule has 0 saturated carbocycles. The highest BCUT2D eigenvalue weighted by molar-refractivity contribution is 6.18. The van der Waals surface area contributed by atoms with E-state index in [1.54, 1.807) is 0 Å². The van der Waals surface area contributed by atoms with Gasteiger partial charge in [-0.1, -0.05) is 6.07 Å². The van der Waals surface area contributed by atoms with Crippen molar-refractivity contribution >= 4 is 11.6 Å². The average molecular weight is 269 g/mol. The fourth-order valence-electron chi connectivity index (χ4n) is 2.53. The number of hydrogen-bond acceptors (Lipinski definition) is 3. The van der Waals surface area contributed by atoms with Crippen LogP contribution in [0.25, 0.3) is 0 Å². The molecule has 2 heterocycles. The van der Waals surface area contributed by atoms with Gasteiger partial charge >= 0.3 is 0 Å². The SMILES string of the molecule is Cc1cccc(CN2CC(CCl)OC(C)(C)C2)n1. The van der Waals surface area contributed by atoms with Gasteiger partial charge in [-0.3, -0.25) is 9.88 Å². The van der Waals surface area contributed by atoms with Crippen LogP contribution in [0.5, 0.6) is 0 Å². The number of rotatable bonds is 3. The topological polar surface area (TPSA) is 25.4 Å². The molecule has 0 aliphatic carbocycles. The van der Waals surface area contributed by atoms with Gasteiger partial charge in [0, 0.05) is 31.2 Å². The number of ether oxygens (including phenoxy) is 1. The molecule has 1 atom stereocenters. The quantitative estimate of drug-likeness (QED) is 0.788. The third-order valence-electron chi connectivity index (χ3n) is 3.06. The van der Waals surface area contributed by atoms with E-state index in [0.29, 0.717) is 5.88 Å². The molecule has 1 fully saturated rings. The minimum absolute atomic E-state index is 0.111. The van der Waals surface area contributed by atoms with Gasteiger partial charge in [0.25, 0.3) is 0 Å². The molecule has 0 amide bonds. The van der Waals surface area contributed by atoms with Crippen molar-refractivity contribution in [3.8, 4) is 0 Å². The summed E-state index contributed by atoms with van der Waals surface area (Å²) in [5.74, 6) is 0.543. The van der Waals surface area contributed by atoms with E-state index in [-0.39, 0.29) is 11.7 Å². The fraction of sp³-hybridized carbons (Fsp3) is 0.643. The van der Waals surface area contributed by atoms with Gasteiger partial charge in [-0.05, 0) is 32.9 Å². The maximum atomic E-state index is 5.93. The van der Waals surface area contributed by atoms with Crippen molar-refractivity contribution < 1.29 is 4.74 Å². The monoisotopic (exact) mass is 268 g/mol. The molecule has 1 unspecified atom stereocenters. The Hall–Kier alpha value is -0.640. The second kappa shape index (κ2) is 5.55. The van der Waals surface area contributed by atoms with Crippen LogP contribution in [0.4, 0.5) is 0 Å². The number of nitrogens with zero attached hydrogens (tertiary/aromatic N) is 2. The molecular formula is C14H21ClN2O. The number of aromatic nitrogens is 1. The van der Waals surface area contributed by atoms with Crippen molar-refractivity contribution in [2.24, 2.45) is 0 Å². The van der Waals surface area contributed by atoms with E-state index in [4.69, 9.17) is 16.3 Å². The Kier molecular flexibility index (Phi) is 4.25. The van der Waals surface area contributed by atoms with E-state index >= 15 is 0 Å². The zero-order valence-electron chi connectivity index (χ0n) is 11.3. The first-order valence-electron chi connectivity index (χ1n) is 6.37.